The number of benzene rings is 7. The van der Waals surface area contributed by atoms with Gasteiger partial charge in [-0.15, -0.1) is 0 Å². The third-order valence-corrected chi connectivity index (χ3v) is 13.6. The summed E-state index contributed by atoms with van der Waals surface area (Å²) in [4.78, 5) is 38.0. The second-order valence-corrected chi connectivity index (χ2v) is 24.1. The fourth-order valence-corrected chi connectivity index (χ4v) is 10.2. The minimum absolute atomic E-state index is 0.0201. The summed E-state index contributed by atoms with van der Waals surface area (Å²) in [6.45, 7) is 9.01. The van der Waals surface area contributed by atoms with Crippen LogP contribution in [0.5, 0.6) is 0 Å². The number of ketones is 3. The minimum atomic E-state index is -4.22. The molecule has 0 amide bonds. The molecule has 7 rings (SSSR count). The molecule has 4 N–H and O–H groups in total. The van der Waals surface area contributed by atoms with Crippen molar-refractivity contribution in [3.8, 4) is 22.3 Å². The van der Waals surface area contributed by atoms with Gasteiger partial charge in [0, 0.05) is 51.8 Å². The Labute approximate surface area is 404 Å². The predicted molar refractivity (Wildman–Crippen MR) is 278 cm³/mol. The van der Waals surface area contributed by atoms with E-state index in [0.29, 0.717) is 27.8 Å². The summed E-state index contributed by atoms with van der Waals surface area (Å²) in [5, 5.41) is 2.62. The fourth-order valence-electron chi connectivity index (χ4n) is 7.10. The third kappa shape index (κ3) is 18.7. The van der Waals surface area contributed by atoms with Gasteiger partial charge in [-0.3, -0.25) is 14.4 Å². The van der Waals surface area contributed by atoms with E-state index in [1.165, 1.54) is 66.2 Å². The van der Waals surface area contributed by atoms with Crippen molar-refractivity contribution in [2.75, 3.05) is 24.0 Å². The van der Waals surface area contributed by atoms with Crippen molar-refractivity contribution in [3.63, 3.8) is 0 Å². The Hall–Kier alpha value is -6.19. The molecule has 69 heavy (non-hydrogen) atoms. The van der Waals surface area contributed by atoms with Gasteiger partial charge in [-0.2, -0.15) is 0 Å². The molecule has 0 bridgehead atoms. The topological polar surface area (TPSA) is 166 Å². The molecule has 0 heterocycles. The normalized spacial score (nSPS) is 13.2. The van der Waals surface area contributed by atoms with Crippen LogP contribution in [0.2, 0.25) is 0 Å². The molecule has 0 spiro atoms. The molecule has 0 aliphatic heterocycles. The van der Waals surface area contributed by atoms with Crippen molar-refractivity contribution in [2.45, 2.75) is 47.5 Å². The summed E-state index contributed by atoms with van der Waals surface area (Å²) >= 11 is 0. The van der Waals surface area contributed by atoms with Gasteiger partial charge in [0.1, 0.15) is 11.6 Å². The zero-order chi connectivity index (χ0) is 51.2. The van der Waals surface area contributed by atoms with Crippen LogP contribution in [0.25, 0.3) is 33.0 Å². The van der Waals surface area contributed by atoms with Gasteiger partial charge in [0.2, 0.25) is 0 Å². The molecule has 0 aliphatic rings. The number of Topliss-reactive ketones (excluding diaryl/α,β-unsaturated/α-hetero) is 1. The lowest BCUT2D eigenvalue weighted by atomic mass is 9.91. The van der Waals surface area contributed by atoms with E-state index in [1.807, 2.05) is 58.0 Å². The Kier molecular flexibility index (Phi) is 18.8. The monoisotopic (exact) mass is 980 g/mol. The van der Waals surface area contributed by atoms with E-state index < -0.39 is 30.9 Å². The number of rotatable bonds is 13. The molecule has 0 aliphatic carbocycles. The Morgan fingerprint density at radius 1 is 0.478 bits per heavy atom. The van der Waals surface area contributed by atoms with Crippen LogP contribution in [0.15, 0.2) is 164 Å². The lowest BCUT2D eigenvalue weighted by molar-refractivity contribution is 0.101. The quantitative estimate of drug-likeness (QED) is 0.0823. The molecule has 366 valence electrons. The van der Waals surface area contributed by atoms with Crippen molar-refractivity contribution in [2.24, 2.45) is 11.8 Å². The van der Waals surface area contributed by atoms with Crippen molar-refractivity contribution in [1.29, 1.82) is 0 Å². The van der Waals surface area contributed by atoms with Crippen LogP contribution in [0.3, 0.4) is 0 Å². The van der Waals surface area contributed by atoms with Crippen LogP contribution in [0.4, 0.5) is 8.78 Å². The van der Waals surface area contributed by atoms with E-state index >= 15 is 0 Å². The molecule has 0 fully saturated rings. The van der Waals surface area contributed by atoms with Crippen molar-refractivity contribution >= 4 is 47.4 Å². The maximum absolute atomic E-state index is 13.2. The summed E-state index contributed by atoms with van der Waals surface area (Å²) in [5.74, 6) is -1.19. The first-order valence-corrected chi connectivity index (χ1v) is 27.2. The average Bonchev–Trinajstić information content (AvgIpc) is 3.30. The van der Waals surface area contributed by atoms with Gasteiger partial charge in [0.15, 0.2) is 17.3 Å². The zero-order valence-electron chi connectivity index (χ0n) is 40.0. The van der Waals surface area contributed by atoms with Crippen LogP contribution < -0.4 is 0 Å². The van der Waals surface area contributed by atoms with Gasteiger partial charge >= 0.3 is 0 Å². The molecule has 9 nitrogen and oxygen atoms in total. The lowest BCUT2D eigenvalue weighted by Crippen LogP contribution is -2.36. The molecular formula is C56H62F2O9S2. The van der Waals surface area contributed by atoms with Crippen molar-refractivity contribution in [3.05, 3.63) is 203 Å². The highest BCUT2D eigenvalue weighted by atomic mass is 32.3. The summed E-state index contributed by atoms with van der Waals surface area (Å²) < 4.78 is 83.7. The van der Waals surface area contributed by atoms with Crippen LogP contribution in [0, 0.1) is 23.5 Å². The molecule has 0 radical (unpaired) electrons. The maximum Gasteiger partial charge on any atom is 0.193 e. The highest BCUT2D eigenvalue weighted by Gasteiger charge is 2.25. The van der Waals surface area contributed by atoms with Gasteiger partial charge in [-0.05, 0) is 106 Å². The lowest BCUT2D eigenvalue weighted by Gasteiger charge is -2.27. The minimum Gasteiger partial charge on any atom is -0.308 e. The molecule has 0 aromatic heterocycles. The SMILES string of the molecule is CC(=O)c1cc(-c2ccc(C(=O)c3ccc(F)cc3)cc2)ccc1-c1ccc(C(=O)c2ccc(F)cc2)cc1.CCC(C)CS(C)(=O)(O)O.CCC(C)CS(C)(=O)(O)O.c1ccc2ccccc2c1. The first kappa shape index (κ1) is 55.4. The Morgan fingerprint density at radius 3 is 1.07 bits per heavy atom. The number of carbonyl (C=O) groups excluding carboxylic acids is 3. The number of carbonyl (C=O) groups is 3. The van der Waals surface area contributed by atoms with Gasteiger partial charge in [-0.25, -0.2) is 17.2 Å². The van der Waals surface area contributed by atoms with E-state index in [0.717, 1.165) is 47.6 Å². The molecule has 0 saturated carbocycles. The van der Waals surface area contributed by atoms with E-state index in [9.17, 15) is 31.6 Å². The number of hydrogen-bond donors (Lipinski definition) is 4. The Balaban J connectivity index is 0.000000277. The fraction of sp³-hybridized carbons (Fsp3) is 0.232. The summed E-state index contributed by atoms with van der Waals surface area (Å²) in [7, 11) is -8.44. The highest BCUT2D eigenvalue weighted by Crippen LogP contribution is 2.31. The van der Waals surface area contributed by atoms with Crippen molar-refractivity contribution in [1.82, 2.24) is 0 Å². The van der Waals surface area contributed by atoms with E-state index in [4.69, 9.17) is 18.2 Å². The predicted octanol–water partition coefficient (Wildman–Crippen LogP) is 13.7. The van der Waals surface area contributed by atoms with E-state index in [2.05, 4.69) is 48.5 Å². The molecule has 7 aromatic rings. The van der Waals surface area contributed by atoms with Crippen LogP contribution >= 0.6 is 0 Å². The second-order valence-electron chi connectivity index (χ2n) is 17.7. The third-order valence-electron chi connectivity index (χ3n) is 10.9. The Morgan fingerprint density at radius 2 is 0.783 bits per heavy atom. The van der Waals surface area contributed by atoms with Crippen LogP contribution in [-0.2, 0) is 19.3 Å². The van der Waals surface area contributed by atoms with E-state index in [-0.39, 0.29) is 40.7 Å². The van der Waals surface area contributed by atoms with Gasteiger partial charge in [-0.1, -0.05) is 150 Å². The molecule has 2 unspecified atom stereocenters. The smallest absolute Gasteiger partial charge is 0.193 e. The van der Waals surface area contributed by atoms with E-state index in [1.54, 1.807) is 36.4 Å². The molecular weight excluding hydrogens is 919 g/mol. The average molecular weight is 981 g/mol. The summed E-state index contributed by atoms with van der Waals surface area (Å²) in [5.41, 5.74) is 5.41. The van der Waals surface area contributed by atoms with Gasteiger partial charge in [0.25, 0.3) is 0 Å². The first-order valence-electron chi connectivity index (χ1n) is 22.3. The van der Waals surface area contributed by atoms with Crippen molar-refractivity contribution < 1.29 is 49.8 Å². The van der Waals surface area contributed by atoms with Crippen LogP contribution in [0.1, 0.15) is 89.7 Å². The Bertz CT molecular complexity index is 2870. The summed E-state index contributed by atoms with van der Waals surface area (Å²) in [6.07, 6.45) is 3.60. The number of fused-ring (bicyclic) bond motifs is 1. The van der Waals surface area contributed by atoms with Gasteiger partial charge < -0.3 is 18.2 Å². The zero-order valence-corrected chi connectivity index (χ0v) is 41.6. The standard InChI is InChI=1S/C34H22F2O3.C10H8.2C6H16O3S/c1-21(37)32-20-28(22-2-6-24(7-3-22)33(38)26-10-15-29(35)16-11-26)14-19-31(32)23-4-8-25(9-5-23)34(39)27-12-17-30(36)18-13-27;1-2-6-10-8-4-3-7-9(10)5-1;2*1-4-6(2)5-10(3,7,8)9/h2-20H,1H3;1-8H;2*6H,4-5H2,1-3H3,(H2,7,8,9). The molecule has 2 atom stereocenters. The molecule has 7 aromatic carbocycles. The highest BCUT2D eigenvalue weighted by molar-refractivity contribution is 8.09. The first-order chi connectivity index (χ1) is 32.2. The molecule has 0 saturated heterocycles. The van der Waals surface area contributed by atoms with Crippen LogP contribution in [-0.4, -0.2) is 68.0 Å². The second kappa shape index (κ2) is 23.4. The number of halogens is 2. The maximum atomic E-state index is 13.2. The van der Waals surface area contributed by atoms with Gasteiger partial charge in [0.05, 0.1) is 19.3 Å². The number of hydrogen-bond acceptors (Lipinski definition) is 5. The molecule has 13 heteroatoms. The summed E-state index contributed by atoms with van der Waals surface area (Å²) in [6, 6.07) is 47.1. The largest absolute Gasteiger partial charge is 0.308 e.